The quantitative estimate of drug-likeness (QED) is 0.599. The highest BCUT2D eigenvalue weighted by atomic mass is 16.1. The molecular weight excluding hydrogens is 138 g/mol. The van der Waals surface area contributed by atoms with E-state index in [0.29, 0.717) is 11.7 Å². The Labute approximate surface area is 68.6 Å². The van der Waals surface area contributed by atoms with Crippen molar-refractivity contribution in [2.24, 2.45) is 5.92 Å². The van der Waals surface area contributed by atoms with Crippen LogP contribution in [0, 0.1) is 5.92 Å². The molecule has 0 spiro atoms. The Kier molecular flexibility index (Phi) is 3.06. The molecule has 64 valence electrons. The Morgan fingerprint density at radius 1 is 1.64 bits per heavy atom. The van der Waals surface area contributed by atoms with E-state index in [2.05, 4.69) is 11.8 Å². The molecule has 0 radical (unpaired) electrons. The predicted octanol–water partition coefficient (Wildman–Crippen LogP) is 1.31. The van der Waals surface area contributed by atoms with Gasteiger partial charge in [0.25, 0.3) is 0 Å². The fraction of sp³-hybridized carbons (Fsp3) is 0.889. The zero-order chi connectivity index (χ0) is 8.27. The van der Waals surface area contributed by atoms with Crippen LogP contribution in [0.1, 0.15) is 26.7 Å². The van der Waals surface area contributed by atoms with Crippen molar-refractivity contribution in [2.45, 2.75) is 26.7 Å². The van der Waals surface area contributed by atoms with Gasteiger partial charge in [-0.15, -0.1) is 0 Å². The van der Waals surface area contributed by atoms with Crippen LogP contribution in [0.5, 0.6) is 0 Å². The number of hydrogen-bond acceptors (Lipinski definition) is 2. The zero-order valence-corrected chi connectivity index (χ0v) is 7.47. The van der Waals surface area contributed by atoms with Crippen molar-refractivity contribution in [3.63, 3.8) is 0 Å². The molecule has 0 amide bonds. The van der Waals surface area contributed by atoms with E-state index in [4.69, 9.17) is 0 Å². The molecule has 2 heteroatoms. The molecule has 1 rings (SSSR count). The minimum atomic E-state index is 0.323. The van der Waals surface area contributed by atoms with Crippen LogP contribution in [0.25, 0.3) is 0 Å². The number of likely N-dealkylation sites (tertiary alicyclic amines) is 1. The van der Waals surface area contributed by atoms with Crippen LogP contribution >= 0.6 is 0 Å². The molecule has 1 aliphatic rings. The summed E-state index contributed by atoms with van der Waals surface area (Å²) in [5.41, 5.74) is 0. The largest absolute Gasteiger partial charge is 0.303 e. The molecule has 1 fully saturated rings. The molecule has 0 N–H and O–H groups in total. The molecule has 1 atom stereocenters. The third-order valence-electron chi connectivity index (χ3n) is 2.53. The highest BCUT2D eigenvalue weighted by molar-refractivity contribution is 5.78. The van der Waals surface area contributed by atoms with Crippen LogP contribution in [-0.4, -0.2) is 30.3 Å². The molecule has 0 aliphatic carbocycles. The number of piperidine rings is 1. The maximum absolute atomic E-state index is 11.0. The third kappa shape index (κ3) is 2.29. The number of hydrogen-bond donors (Lipinski definition) is 0. The summed E-state index contributed by atoms with van der Waals surface area (Å²) < 4.78 is 0. The number of carbonyl (C=O) groups excluding carboxylic acids is 1. The van der Waals surface area contributed by atoms with Gasteiger partial charge >= 0.3 is 0 Å². The maximum atomic E-state index is 11.0. The van der Waals surface area contributed by atoms with E-state index in [1.54, 1.807) is 6.92 Å². The Morgan fingerprint density at radius 2 is 2.36 bits per heavy atom. The minimum absolute atomic E-state index is 0.323. The Balaban J connectivity index is 2.39. The van der Waals surface area contributed by atoms with Gasteiger partial charge in [-0.1, -0.05) is 6.92 Å². The van der Waals surface area contributed by atoms with Crippen LogP contribution in [0.2, 0.25) is 0 Å². The van der Waals surface area contributed by atoms with Crippen molar-refractivity contribution in [1.29, 1.82) is 0 Å². The smallest absolute Gasteiger partial charge is 0.134 e. The van der Waals surface area contributed by atoms with E-state index in [1.165, 1.54) is 13.0 Å². The first-order valence-corrected chi connectivity index (χ1v) is 4.47. The molecule has 0 aromatic heterocycles. The number of ketones is 1. The van der Waals surface area contributed by atoms with Crippen LogP contribution in [0.15, 0.2) is 0 Å². The second-order valence-electron chi connectivity index (χ2n) is 3.34. The van der Waals surface area contributed by atoms with E-state index in [0.717, 1.165) is 19.5 Å². The summed E-state index contributed by atoms with van der Waals surface area (Å²) in [5.74, 6) is 0.687. The van der Waals surface area contributed by atoms with Gasteiger partial charge in [-0.2, -0.15) is 0 Å². The lowest BCUT2D eigenvalue weighted by Gasteiger charge is -2.30. The van der Waals surface area contributed by atoms with Gasteiger partial charge in [0.05, 0.1) is 0 Å². The van der Waals surface area contributed by atoms with Gasteiger partial charge in [0, 0.05) is 12.5 Å². The summed E-state index contributed by atoms with van der Waals surface area (Å²) >= 11 is 0. The van der Waals surface area contributed by atoms with Crippen molar-refractivity contribution in [2.75, 3.05) is 19.6 Å². The lowest BCUT2D eigenvalue weighted by atomic mass is 9.95. The van der Waals surface area contributed by atoms with E-state index in [-0.39, 0.29) is 0 Å². The fourth-order valence-corrected chi connectivity index (χ4v) is 1.67. The topological polar surface area (TPSA) is 20.3 Å². The molecule has 1 unspecified atom stereocenters. The fourth-order valence-electron chi connectivity index (χ4n) is 1.67. The van der Waals surface area contributed by atoms with E-state index < -0.39 is 0 Å². The first-order chi connectivity index (χ1) is 5.24. The summed E-state index contributed by atoms with van der Waals surface area (Å²) in [6, 6.07) is 0. The lowest BCUT2D eigenvalue weighted by Crippen LogP contribution is -2.37. The molecule has 0 aromatic rings. The van der Waals surface area contributed by atoms with Crippen LogP contribution in [0.3, 0.4) is 0 Å². The Bertz CT molecular complexity index is 144. The summed E-state index contributed by atoms with van der Waals surface area (Å²) in [6.07, 6.45) is 2.30. The molecule has 2 nitrogen and oxygen atoms in total. The van der Waals surface area contributed by atoms with Crippen molar-refractivity contribution < 1.29 is 4.79 Å². The van der Waals surface area contributed by atoms with Gasteiger partial charge in [0.1, 0.15) is 5.78 Å². The number of carbonyl (C=O) groups is 1. The molecule has 1 heterocycles. The van der Waals surface area contributed by atoms with Crippen molar-refractivity contribution in [3.05, 3.63) is 0 Å². The van der Waals surface area contributed by atoms with Gasteiger partial charge in [0.2, 0.25) is 0 Å². The monoisotopic (exact) mass is 155 g/mol. The minimum Gasteiger partial charge on any atom is -0.303 e. The van der Waals surface area contributed by atoms with E-state index in [9.17, 15) is 4.79 Å². The van der Waals surface area contributed by atoms with Crippen molar-refractivity contribution in [3.8, 4) is 0 Å². The number of nitrogens with zero attached hydrogens (tertiary/aromatic N) is 1. The highest BCUT2D eigenvalue weighted by Gasteiger charge is 2.21. The van der Waals surface area contributed by atoms with Gasteiger partial charge < -0.3 is 4.90 Å². The third-order valence-corrected chi connectivity index (χ3v) is 2.53. The maximum Gasteiger partial charge on any atom is 0.134 e. The van der Waals surface area contributed by atoms with Crippen LogP contribution in [-0.2, 0) is 4.79 Å². The second kappa shape index (κ2) is 3.86. The first kappa shape index (κ1) is 8.72. The van der Waals surface area contributed by atoms with E-state index in [1.807, 2.05) is 0 Å². The van der Waals surface area contributed by atoms with Gasteiger partial charge in [0.15, 0.2) is 0 Å². The highest BCUT2D eigenvalue weighted by Crippen LogP contribution is 2.16. The van der Waals surface area contributed by atoms with Crippen LogP contribution in [0.4, 0.5) is 0 Å². The zero-order valence-electron chi connectivity index (χ0n) is 7.47. The molecule has 0 aromatic carbocycles. The standard InChI is InChI=1S/C9H17NO/c1-3-10-6-4-5-9(7-10)8(2)11/h9H,3-7H2,1-2H3. The average Bonchev–Trinajstić information content (AvgIpc) is 2.05. The van der Waals surface area contributed by atoms with Gasteiger partial charge in [-0.25, -0.2) is 0 Å². The number of rotatable bonds is 2. The van der Waals surface area contributed by atoms with Gasteiger partial charge in [-0.05, 0) is 32.9 Å². The normalized spacial score (nSPS) is 26.9. The molecular formula is C9H17NO. The van der Waals surface area contributed by atoms with Crippen molar-refractivity contribution in [1.82, 2.24) is 4.90 Å². The Morgan fingerprint density at radius 3 is 2.91 bits per heavy atom. The summed E-state index contributed by atoms with van der Waals surface area (Å²) in [4.78, 5) is 13.4. The average molecular weight is 155 g/mol. The molecule has 1 aliphatic heterocycles. The molecule has 0 bridgehead atoms. The second-order valence-corrected chi connectivity index (χ2v) is 3.34. The molecule has 0 saturated carbocycles. The van der Waals surface area contributed by atoms with Crippen molar-refractivity contribution >= 4 is 5.78 Å². The lowest BCUT2D eigenvalue weighted by molar-refractivity contribution is -0.122. The molecule has 11 heavy (non-hydrogen) atoms. The SMILES string of the molecule is CCN1CCCC(C(C)=O)C1. The number of Topliss-reactive ketones (excluding diaryl/α,β-unsaturated/α-hetero) is 1. The van der Waals surface area contributed by atoms with Gasteiger partial charge in [-0.3, -0.25) is 4.79 Å². The summed E-state index contributed by atoms with van der Waals surface area (Å²) in [5, 5.41) is 0. The predicted molar refractivity (Wildman–Crippen MR) is 45.5 cm³/mol. The van der Waals surface area contributed by atoms with E-state index >= 15 is 0 Å². The first-order valence-electron chi connectivity index (χ1n) is 4.47. The summed E-state index contributed by atoms with van der Waals surface area (Å²) in [6.45, 7) is 7.13. The van der Waals surface area contributed by atoms with Crippen LogP contribution < -0.4 is 0 Å². The summed E-state index contributed by atoms with van der Waals surface area (Å²) in [7, 11) is 0. The molecule has 1 saturated heterocycles. The Hall–Kier alpha value is -0.370.